The Kier molecular flexibility index (Phi) is 3.75. The van der Waals surface area contributed by atoms with Crippen LogP contribution in [0.4, 0.5) is 0 Å². The highest BCUT2D eigenvalue weighted by Crippen LogP contribution is 2.24. The van der Waals surface area contributed by atoms with Crippen LogP contribution >= 0.6 is 15.9 Å². The van der Waals surface area contributed by atoms with Gasteiger partial charge in [-0.25, -0.2) is 0 Å². The molecule has 13 heavy (non-hydrogen) atoms. The second-order valence-corrected chi connectivity index (χ2v) is 4.03. The van der Waals surface area contributed by atoms with E-state index in [1.807, 2.05) is 19.2 Å². The van der Waals surface area contributed by atoms with Gasteiger partial charge in [0, 0.05) is 6.04 Å². The maximum atomic E-state index is 9.27. The quantitative estimate of drug-likeness (QED) is 0.855. The van der Waals surface area contributed by atoms with Crippen LogP contribution in [0, 0.1) is 0 Å². The van der Waals surface area contributed by atoms with Crippen molar-refractivity contribution in [1.82, 2.24) is 5.32 Å². The van der Waals surface area contributed by atoms with Gasteiger partial charge in [-0.05, 0) is 54.0 Å². The van der Waals surface area contributed by atoms with Gasteiger partial charge in [0.1, 0.15) is 5.75 Å². The number of aromatic hydroxyl groups is 1. The molecule has 1 atom stereocenters. The molecule has 0 saturated heterocycles. The van der Waals surface area contributed by atoms with Gasteiger partial charge in [-0.3, -0.25) is 0 Å². The highest BCUT2D eigenvalue weighted by Gasteiger charge is 2.03. The zero-order chi connectivity index (χ0) is 9.84. The molecule has 0 aliphatic heterocycles. The van der Waals surface area contributed by atoms with Gasteiger partial charge >= 0.3 is 0 Å². The van der Waals surface area contributed by atoms with Gasteiger partial charge in [-0.15, -0.1) is 0 Å². The maximum Gasteiger partial charge on any atom is 0.129 e. The van der Waals surface area contributed by atoms with E-state index in [-0.39, 0.29) is 0 Å². The highest BCUT2D eigenvalue weighted by atomic mass is 79.9. The van der Waals surface area contributed by atoms with Crippen LogP contribution in [0.1, 0.15) is 12.5 Å². The molecule has 0 spiro atoms. The largest absolute Gasteiger partial charge is 0.507 e. The molecule has 72 valence electrons. The number of likely N-dealkylation sites (N-methyl/N-ethyl adjacent to an activating group) is 1. The Balaban J connectivity index is 2.73. The molecule has 0 radical (unpaired) electrons. The van der Waals surface area contributed by atoms with E-state index in [1.54, 1.807) is 6.07 Å². The molecule has 0 aliphatic rings. The first-order chi connectivity index (χ1) is 6.13. The van der Waals surface area contributed by atoms with Crippen LogP contribution in [0.2, 0.25) is 0 Å². The van der Waals surface area contributed by atoms with E-state index in [0.717, 1.165) is 10.9 Å². The average Bonchev–Trinajstić information content (AvgIpc) is 2.11. The van der Waals surface area contributed by atoms with Crippen LogP contribution in [0.3, 0.4) is 0 Å². The molecule has 1 unspecified atom stereocenters. The summed E-state index contributed by atoms with van der Waals surface area (Å²) < 4.78 is 0.758. The monoisotopic (exact) mass is 243 g/mol. The Hall–Kier alpha value is -0.540. The molecule has 2 nitrogen and oxygen atoms in total. The summed E-state index contributed by atoms with van der Waals surface area (Å²) in [5.74, 6) is 0.292. The summed E-state index contributed by atoms with van der Waals surface area (Å²) in [6.07, 6.45) is 0.968. The van der Waals surface area contributed by atoms with E-state index < -0.39 is 0 Å². The van der Waals surface area contributed by atoms with Gasteiger partial charge in [0.2, 0.25) is 0 Å². The Morgan fingerprint density at radius 1 is 1.54 bits per heavy atom. The minimum Gasteiger partial charge on any atom is -0.507 e. The van der Waals surface area contributed by atoms with Crippen LogP contribution in [0.5, 0.6) is 5.75 Å². The summed E-state index contributed by atoms with van der Waals surface area (Å²) in [5.41, 5.74) is 1.21. The molecule has 0 aliphatic carbocycles. The maximum absolute atomic E-state index is 9.27. The molecule has 3 heteroatoms. The fraction of sp³-hybridized carbons (Fsp3) is 0.400. The summed E-state index contributed by atoms with van der Waals surface area (Å²) in [4.78, 5) is 0. The first kappa shape index (κ1) is 10.5. The lowest BCUT2D eigenvalue weighted by molar-refractivity contribution is 0.471. The number of phenolic OH excluding ortho intramolecular Hbond substituents is 1. The van der Waals surface area contributed by atoms with E-state index in [9.17, 15) is 5.11 Å². The zero-order valence-electron chi connectivity index (χ0n) is 7.84. The lowest BCUT2D eigenvalue weighted by atomic mass is 10.1. The lowest BCUT2D eigenvalue weighted by Crippen LogP contribution is -2.23. The lowest BCUT2D eigenvalue weighted by Gasteiger charge is -2.10. The molecular weight excluding hydrogens is 230 g/mol. The van der Waals surface area contributed by atoms with Crippen molar-refractivity contribution in [3.63, 3.8) is 0 Å². The standard InChI is InChI=1S/C10H14BrNO/c1-7(12-2)5-8-3-4-10(13)9(11)6-8/h3-4,6-7,12-13H,5H2,1-2H3. The van der Waals surface area contributed by atoms with Crippen LogP contribution in [0.25, 0.3) is 0 Å². The van der Waals surface area contributed by atoms with Crippen LogP contribution in [-0.4, -0.2) is 18.2 Å². The first-order valence-corrected chi connectivity index (χ1v) is 5.07. The summed E-state index contributed by atoms with van der Waals surface area (Å²) >= 11 is 3.29. The topological polar surface area (TPSA) is 32.3 Å². The molecule has 0 saturated carbocycles. The number of benzene rings is 1. The van der Waals surface area contributed by atoms with Crippen molar-refractivity contribution >= 4 is 15.9 Å². The number of rotatable bonds is 3. The fourth-order valence-corrected chi connectivity index (χ4v) is 1.56. The van der Waals surface area contributed by atoms with Gasteiger partial charge in [0.05, 0.1) is 4.47 Å². The second kappa shape index (κ2) is 4.63. The average molecular weight is 244 g/mol. The van der Waals surface area contributed by atoms with Crippen molar-refractivity contribution < 1.29 is 5.11 Å². The zero-order valence-corrected chi connectivity index (χ0v) is 9.43. The highest BCUT2D eigenvalue weighted by molar-refractivity contribution is 9.10. The molecule has 1 aromatic carbocycles. The molecule has 0 bridgehead atoms. The van der Waals surface area contributed by atoms with E-state index in [0.29, 0.717) is 11.8 Å². The Morgan fingerprint density at radius 3 is 2.77 bits per heavy atom. The van der Waals surface area contributed by atoms with Crippen molar-refractivity contribution in [3.8, 4) is 5.75 Å². The summed E-state index contributed by atoms with van der Waals surface area (Å²) in [6.45, 7) is 2.13. The minimum atomic E-state index is 0.292. The fourth-order valence-electron chi connectivity index (χ4n) is 1.13. The summed E-state index contributed by atoms with van der Waals surface area (Å²) in [7, 11) is 1.94. The van der Waals surface area contributed by atoms with Crippen LogP contribution in [-0.2, 0) is 6.42 Å². The molecule has 0 fully saturated rings. The number of halogens is 1. The van der Waals surface area contributed by atoms with Crippen molar-refractivity contribution in [2.24, 2.45) is 0 Å². The van der Waals surface area contributed by atoms with Gasteiger partial charge in [-0.1, -0.05) is 6.07 Å². The molecule has 1 aromatic rings. The summed E-state index contributed by atoms with van der Waals surface area (Å²) in [6, 6.07) is 6.05. The van der Waals surface area contributed by atoms with Gasteiger partial charge in [0.25, 0.3) is 0 Å². The second-order valence-electron chi connectivity index (χ2n) is 3.18. The smallest absolute Gasteiger partial charge is 0.129 e. The number of hydrogen-bond acceptors (Lipinski definition) is 2. The molecule has 0 heterocycles. The number of phenols is 1. The molecule has 0 amide bonds. The molecule has 0 aromatic heterocycles. The van der Waals surface area contributed by atoms with Crippen LogP contribution < -0.4 is 5.32 Å². The van der Waals surface area contributed by atoms with Crippen LogP contribution in [0.15, 0.2) is 22.7 Å². The van der Waals surface area contributed by atoms with Gasteiger partial charge in [0.15, 0.2) is 0 Å². The first-order valence-electron chi connectivity index (χ1n) is 4.28. The van der Waals surface area contributed by atoms with Gasteiger partial charge < -0.3 is 10.4 Å². The molecule has 1 rings (SSSR count). The Labute approximate surface area is 87.1 Å². The predicted octanol–water partition coefficient (Wildman–Crippen LogP) is 2.31. The number of nitrogens with one attached hydrogen (secondary N) is 1. The van der Waals surface area contributed by atoms with E-state index >= 15 is 0 Å². The summed E-state index contributed by atoms with van der Waals surface area (Å²) in [5, 5.41) is 12.4. The van der Waals surface area contributed by atoms with Crippen molar-refractivity contribution in [3.05, 3.63) is 28.2 Å². The third-order valence-electron chi connectivity index (χ3n) is 2.05. The van der Waals surface area contributed by atoms with E-state index in [2.05, 4.69) is 28.2 Å². The van der Waals surface area contributed by atoms with E-state index in [1.165, 1.54) is 5.56 Å². The Morgan fingerprint density at radius 2 is 2.23 bits per heavy atom. The van der Waals surface area contributed by atoms with Crippen molar-refractivity contribution in [2.75, 3.05) is 7.05 Å². The SMILES string of the molecule is CNC(C)Cc1ccc(O)c(Br)c1. The Bertz CT molecular complexity index is 288. The van der Waals surface area contributed by atoms with Crippen molar-refractivity contribution in [1.29, 1.82) is 0 Å². The number of hydrogen-bond donors (Lipinski definition) is 2. The van der Waals surface area contributed by atoms with Gasteiger partial charge in [-0.2, -0.15) is 0 Å². The van der Waals surface area contributed by atoms with Crippen molar-refractivity contribution in [2.45, 2.75) is 19.4 Å². The minimum absolute atomic E-state index is 0.292. The normalized spacial score (nSPS) is 12.8. The molecule has 2 N–H and O–H groups in total. The molecular formula is C10H14BrNO. The van der Waals surface area contributed by atoms with E-state index in [4.69, 9.17) is 0 Å². The third-order valence-corrected chi connectivity index (χ3v) is 2.68. The third kappa shape index (κ3) is 3.01. The predicted molar refractivity (Wildman–Crippen MR) is 58.0 cm³/mol.